The highest BCUT2D eigenvalue weighted by molar-refractivity contribution is 5.76. The van der Waals surface area contributed by atoms with Gasteiger partial charge < -0.3 is 18.8 Å². The Labute approximate surface area is 202 Å². The Morgan fingerprint density at radius 3 is 2.44 bits per heavy atom. The molecule has 0 N–H and O–H groups in total. The van der Waals surface area contributed by atoms with Gasteiger partial charge in [0.05, 0.1) is 31.9 Å². The van der Waals surface area contributed by atoms with E-state index in [-0.39, 0.29) is 0 Å². The van der Waals surface area contributed by atoms with Crippen LogP contribution in [0.25, 0.3) is 11.0 Å². The number of aromatic nitrogens is 2. The van der Waals surface area contributed by atoms with E-state index in [1.807, 2.05) is 18.2 Å². The van der Waals surface area contributed by atoms with Crippen LogP contribution in [0.2, 0.25) is 0 Å². The highest BCUT2D eigenvalue weighted by atomic mass is 16.5. The van der Waals surface area contributed by atoms with Crippen LogP contribution in [-0.4, -0.2) is 30.4 Å². The number of ether oxygens (including phenoxy) is 3. The number of aryl methyl sites for hydroxylation is 2. The van der Waals surface area contributed by atoms with E-state index in [0.29, 0.717) is 18.9 Å². The summed E-state index contributed by atoms with van der Waals surface area (Å²) >= 11 is 0. The molecule has 0 aliphatic rings. The number of imidazole rings is 1. The minimum Gasteiger partial charge on any atom is -0.493 e. The maximum atomic E-state index is 6.24. The quantitative estimate of drug-likeness (QED) is 0.253. The summed E-state index contributed by atoms with van der Waals surface area (Å²) in [5.74, 6) is 3.92. The second-order valence-corrected chi connectivity index (χ2v) is 8.93. The summed E-state index contributed by atoms with van der Waals surface area (Å²) in [6, 6.07) is 20.8. The van der Waals surface area contributed by atoms with Crippen molar-refractivity contribution in [2.45, 2.75) is 46.1 Å². The molecule has 5 nitrogen and oxygen atoms in total. The number of hydrogen-bond donors (Lipinski definition) is 0. The smallest absolute Gasteiger partial charge is 0.161 e. The van der Waals surface area contributed by atoms with Crippen molar-refractivity contribution in [1.29, 1.82) is 0 Å². The highest BCUT2D eigenvalue weighted by Crippen LogP contribution is 2.30. The number of methoxy groups -OCH3 is 2. The van der Waals surface area contributed by atoms with E-state index in [9.17, 15) is 0 Å². The Bertz CT molecular complexity index is 1260. The van der Waals surface area contributed by atoms with E-state index in [1.54, 1.807) is 14.2 Å². The molecule has 0 amide bonds. The number of rotatable bonds is 10. The van der Waals surface area contributed by atoms with Gasteiger partial charge in [-0.25, -0.2) is 4.98 Å². The Morgan fingerprint density at radius 1 is 0.882 bits per heavy atom. The van der Waals surface area contributed by atoms with Crippen LogP contribution in [0.15, 0.2) is 60.7 Å². The lowest BCUT2D eigenvalue weighted by molar-refractivity contribution is 0.298. The lowest BCUT2D eigenvalue weighted by atomic mass is 10.0. The summed E-state index contributed by atoms with van der Waals surface area (Å²) in [6.45, 7) is 8.01. The number of nitrogens with zero attached hydrogens (tertiary/aromatic N) is 2. The first-order valence-electron chi connectivity index (χ1n) is 11.9. The summed E-state index contributed by atoms with van der Waals surface area (Å²) in [5.41, 5.74) is 5.77. The van der Waals surface area contributed by atoms with Crippen LogP contribution in [-0.2, 0) is 13.0 Å². The molecule has 4 rings (SSSR count). The Morgan fingerprint density at radius 2 is 1.68 bits per heavy atom. The van der Waals surface area contributed by atoms with Crippen molar-refractivity contribution in [2.24, 2.45) is 0 Å². The summed E-state index contributed by atoms with van der Waals surface area (Å²) in [5, 5.41) is 0. The van der Waals surface area contributed by atoms with E-state index in [1.165, 1.54) is 11.1 Å². The second-order valence-electron chi connectivity index (χ2n) is 8.93. The van der Waals surface area contributed by atoms with Crippen LogP contribution in [0, 0.1) is 6.92 Å². The molecule has 3 aromatic carbocycles. The second kappa shape index (κ2) is 10.6. The van der Waals surface area contributed by atoms with Gasteiger partial charge >= 0.3 is 0 Å². The minimum atomic E-state index is 0.432. The molecule has 1 heterocycles. The molecule has 0 atom stereocenters. The van der Waals surface area contributed by atoms with E-state index >= 15 is 0 Å². The van der Waals surface area contributed by atoms with Gasteiger partial charge in [0.1, 0.15) is 11.6 Å². The fraction of sp³-hybridized carbons (Fsp3) is 0.345. The van der Waals surface area contributed by atoms with Crippen molar-refractivity contribution in [1.82, 2.24) is 9.55 Å². The molecule has 0 bridgehead atoms. The van der Waals surface area contributed by atoms with Crippen molar-refractivity contribution >= 4 is 11.0 Å². The molecule has 0 aliphatic carbocycles. The molecule has 34 heavy (non-hydrogen) atoms. The van der Waals surface area contributed by atoms with Gasteiger partial charge in [-0.15, -0.1) is 0 Å². The molecule has 0 saturated heterocycles. The summed E-state index contributed by atoms with van der Waals surface area (Å²) in [7, 11) is 3.32. The van der Waals surface area contributed by atoms with E-state index in [4.69, 9.17) is 19.2 Å². The number of para-hydroxylation sites is 2. The molecule has 0 spiro atoms. The van der Waals surface area contributed by atoms with Gasteiger partial charge in [-0.05, 0) is 66.3 Å². The maximum Gasteiger partial charge on any atom is 0.161 e. The third kappa shape index (κ3) is 5.19. The third-order valence-electron chi connectivity index (χ3n) is 6.12. The zero-order valence-corrected chi connectivity index (χ0v) is 20.8. The van der Waals surface area contributed by atoms with Crippen LogP contribution < -0.4 is 14.2 Å². The molecule has 4 aromatic rings. The predicted molar refractivity (Wildman–Crippen MR) is 137 cm³/mol. The first-order chi connectivity index (χ1) is 16.5. The summed E-state index contributed by atoms with van der Waals surface area (Å²) in [6.07, 6.45) is 1.61. The third-order valence-corrected chi connectivity index (χ3v) is 6.12. The molecule has 0 aliphatic heterocycles. The monoisotopic (exact) mass is 458 g/mol. The van der Waals surface area contributed by atoms with E-state index in [2.05, 4.69) is 67.8 Å². The zero-order valence-electron chi connectivity index (χ0n) is 20.8. The minimum absolute atomic E-state index is 0.432. The Hall–Kier alpha value is -3.47. The fourth-order valence-corrected chi connectivity index (χ4v) is 4.33. The molecular formula is C29H34N2O3. The topological polar surface area (TPSA) is 45.5 Å². The van der Waals surface area contributed by atoms with Crippen LogP contribution in [0.4, 0.5) is 0 Å². The van der Waals surface area contributed by atoms with Crippen LogP contribution in [0.1, 0.15) is 48.7 Å². The van der Waals surface area contributed by atoms with Gasteiger partial charge in [-0.1, -0.05) is 44.2 Å². The van der Waals surface area contributed by atoms with Gasteiger partial charge in [0.2, 0.25) is 0 Å². The van der Waals surface area contributed by atoms with Crippen LogP contribution in [0.5, 0.6) is 17.2 Å². The lowest BCUT2D eigenvalue weighted by Gasteiger charge is -2.16. The molecule has 0 radical (unpaired) electrons. The van der Waals surface area contributed by atoms with Crippen molar-refractivity contribution < 1.29 is 14.2 Å². The normalized spacial score (nSPS) is 11.2. The van der Waals surface area contributed by atoms with Crippen LogP contribution in [0.3, 0.4) is 0 Å². The molecule has 0 unspecified atom stereocenters. The molecule has 1 aromatic heterocycles. The fourth-order valence-electron chi connectivity index (χ4n) is 4.33. The Kier molecular flexibility index (Phi) is 7.41. The predicted octanol–water partition coefficient (Wildman–Crippen LogP) is 6.55. The van der Waals surface area contributed by atoms with Crippen molar-refractivity contribution in [3.05, 3.63) is 83.2 Å². The average Bonchev–Trinajstić information content (AvgIpc) is 3.18. The Balaban J connectivity index is 1.52. The first-order valence-corrected chi connectivity index (χ1v) is 11.9. The van der Waals surface area contributed by atoms with E-state index in [0.717, 1.165) is 52.6 Å². The van der Waals surface area contributed by atoms with Gasteiger partial charge in [-0.3, -0.25) is 0 Å². The number of hydrogen-bond acceptors (Lipinski definition) is 4. The summed E-state index contributed by atoms with van der Waals surface area (Å²) < 4.78 is 19.4. The molecule has 5 heteroatoms. The number of benzene rings is 3. The number of fused-ring (bicyclic) bond motifs is 1. The standard InChI is InChI=1S/C29H34N2O3/c1-20(2)23-13-11-21(3)17-27(23)34-16-8-15-31-25-10-7-6-9-24(25)30-29(31)19-22-12-14-26(32-4)28(18-22)33-5/h6-7,9-14,17-18,20H,8,15-16,19H2,1-5H3. The molecular weight excluding hydrogens is 424 g/mol. The average molecular weight is 459 g/mol. The van der Waals surface area contributed by atoms with Gasteiger partial charge in [0.25, 0.3) is 0 Å². The highest BCUT2D eigenvalue weighted by Gasteiger charge is 2.13. The van der Waals surface area contributed by atoms with Crippen molar-refractivity contribution in [3.63, 3.8) is 0 Å². The SMILES string of the molecule is COc1ccc(Cc2nc3ccccc3n2CCCOc2cc(C)ccc2C(C)C)cc1OC. The van der Waals surface area contributed by atoms with Gasteiger partial charge in [0.15, 0.2) is 11.5 Å². The van der Waals surface area contributed by atoms with Crippen molar-refractivity contribution in [3.8, 4) is 17.2 Å². The first kappa shape index (κ1) is 23.7. The van der Waals surface area contributed by atoms with Crippen LogP contribution >= 0.6 is 0 Å². The molecule has 178 valence electrons. The maximum absolute atomic E-state index is 6.24. The van der Waals surface area contributed by atoms with Gasteiger partial charge in [0, 0.05) is 13.0 Å². The van der Waals surface area contributed by atoms with Crippen molar-refractivity contribution in [2.75, 3.05) is 20.8 Å². The zero-order chi connectivity index (χ0) is 24.1. The van der Waals surface area contributed by atoms with Gasteiger partial charge in [-0.2, -0.15) is 0 Å². The largest absolute Gasteiger partial charge is 0.493 e. The molecule has 0 fully saturated rings. The summed E-state index contributed by atoms with van der Waals surface area (Å²) in [4.78, 5) is 4.94. The molecule has 0 saturated carbocycles. The lowest BCUT2D eigenvalue weighted by Crippen LogP contribution is -2.09. The van der Waals surface area contributed by atoms with E-state index < -0.39 is 0 Å².